The van der Waals surface area contributed by atoms with Crippen LogP contribution in [0.5, 0.6) is 0 Å². The van der Waals surface area contributed by atoms with E-state index in [2.05, 4.69) is 15.3 Å². The number of hydrogen-bond acceptors (Lipinski definition) is 5. The number of likely N-dealkylation sites (tertiary alicyclic amines) is 1. The Labute approximate surface area is 178 Å². The Hall–Kier alpha value is -1.85. The van der Waals surface area contributed by atoms with Crippen LogP contribution in [0, 0.1) is 17.8 Å². The maximum atomic E-state index is 13.2. The van der Waals surface area contributed by atoms with Crippen molar-refractivity contribution >= 4 is 33.3 Å². The highest BCUT2D eigenvalue weighted by atomic mass is 32.2. The first-order valence-electron chi connectivity index (χ1n) is 9.67. The molecule has 1 aliphatic rings. The molecule has 0 saturated carbocycles. The second kappa shape index (κ2) is 9.77. The van der Waals surface area contributed by atoms with Gasteiger partial charge in [0.25, 0.3) is 5.91 Å². The van der Waals surface area contributed by atoms with E-state index < -0.39 is 21.1 Å². The van der Waals surface area contributed by atoms with Gasteiger partial charge < -0.3 is 4.90 Å². The molecule has 0 aliphatic carbocycles. The van der Waals surface area contributed by atoms with Gasteiger partial charge in [-0.05, 0) is 30.7 Å². The number of piperidine rings is 1. The van der Waals surface area contributed by atoms with Crippen LogP contribution in [0.1, 0.15) is 50.4 Å². The molecule has 1 saturated heterocycles. The minimum atomic E-state index is -2.72. The molecule has 1 aliphatic heterocycles. The van der Waals surface area contributed by atoms with E-state index in [4.69, 9.17) is 6.42 Å². The minimum absolute atomic E-state index is 0.0160. The molecule has 2 heterocycles. The Bertz CT molecular complexity index is 919. The Kier molecular flexibility index (Phi) is 7.89. The predicted octanol–water partition coefficient (Wildman–Crippen LogP) is 3.47. The lowest BCUT2D eigenvalue weighted by molar-refractivity contribution is -0.141. The maximum absolute atomic E-state index is 13.2. The smallest absolute Gasteiger partial charge is 0.285 e. The molecule has 6 nitrogen and oxygen atoms in total. The number of hydrogen-bond donors (Lipinski definition) is 0. The van der Waals surface area contributed by atoms with Gasteiger partial charge in [0.1, 0.15) is 0 Å². The number of terminal acetylenes is 1. The molecule has 8 heteroatoms. The number of amides is 2. The van der Waals surface area contributed by atoms with Gasteiger partial charge in [-0.3, -0.25) is 9.59 Å². The van der Waals surface area contributed by atoms with E-state index in [0.29, 0.717) is 37.9 Å². The van der Waals surface area contributed by atoms with Gasteiger partial charge in [0.2, 0.25) is 5.91 Å². The van der Waals surface area contributed by atoms with Crippen molar-refractivity contribution in [3.63, 3.8) is 0 Å². The molecule has 1 aromatic rings. The highest BCUT2D eigenvalue weighted by molar-refractivity contribution is 7.99. The molecule has 158 valence electrons. The minimum Gasteiger partial charge on any atom is -0.342 e. The maximum Gasteiger partial charge on any atom is 0.285 e. The van der Waals surface area contributed by atoms with Gasteiger partial charge in [-0.1, -0.05) is 20.8 Å². The largest absolute Gasteiger partial charge is 0.342 e. The van der Waals surface area contributed by atoms with Crippen LogP contribution in [-0.4, -0.2) is 56.3 Å². The Balaban J connectivity index is 2.08. The van der Waals surface area contributed by atoms with Crippen LogP contribution >= 0.6 is 11.8 Å². The van der Waals surface area contributed by atoms with E-state index in [1.807, 2.05) is 20.8 Å². The van der Waals surface area contributed by atoms with Crippen LogP contribution < -0.4 is 0 Å². The van der Waals surface area contributed by atoms with Crippen molar-refractivity contribution in [2.75, 3.05) is 25.1 Å². The third-order valence-electron chi connectivity index (χ3n) is 5.01. The highest BCUT2D eigenvalue weighted by Gasteiger charge is 2.35. The normalized spacial score (nSPS) is 17.3. The van der Waals surface area contributed by atoms with Crippen LogP contribution in [-0.2, 0) is 14.5 Å². The van der Waals surface area contributed by atoms with Crippen molar-refractivity contribution in [2.45, 2.75) is 50.3 Å². The zero-order valence-corrected chi connectivity index (χ0v) is 19.1. The summed E-state index contributed by atoms with van der Waals surface area (Å²) in [4.78, 5) is 31.2. The fourth-order valence-electron chi connectivity index (χ4n) is 3.32. The third kappa shape index (κ3) is 6.06. The fourth-order valence-corrected chi connectivity index (χ4v) is 5.63. The van der Waals surface area contributed by atoms with Crippen LogP contribution in [0.4, 0.5) is 0 Å². The summed E-state index contributed by atoms with van der Waals surface area (Å²) in [5, 5.41) is 0.523. The summed E-state index contributed by atoms with van der Waals surface area (Å²) in [6.45, 7) is 6.70. The fraction of sp³-hybridized carbons (Fsp3) is 0.571. The topological polar surface area (TPSA) is 79.7 Å². The van der Waals surface area contributed by atoms with Crippen LogP contribution in [0.2, 0.25) is 0 Å². The second-order valence-corrected chi connectivity index (χ2v) is 11.7. The van der Waals surface area contributed by atoms with Crippen molar-refractivity contribution in [3.8, 4) is 12.3 Å². The van der Waals surface area contributed by atoms with Gasteiger partial charge in [-0.25, -0.2) is 9.19 Å². The molecule has 1 fully saturated rings. The first-order valence-corrected chi connectivity index (χ1v) is 12.6. The molecule has 0 spiro atoms. The number of pyridine rings is 1. The van der Waals surface area contributed by atoms with Gasteiger partial charge >= 0.3 is 0 Å². The molecule has 0 radical (unpaired) electrons. The molecule has 0 N–H and O–H groups in total. The quantitative estimate of drug-likeness (QED) is 0.505. The molecule has 0 aromatic carbocycles. The van der Waals surface area contributed by atoms with Crippen LogP contribution in [0.25, 0.3) is 0 Å². The van der Waals surface area contributed by atoms with E-state index in [9.17, 15) is 13.8 Å². The number of carbonyl (C=O) groups is 2. The summed E-state index contributed by atoms with van der Waals surface area (Å²) < 4.78 is 17.2. The van der Waals surface area contributed by atoms with E-state index in [1.165, 1.54) is 18.0 Å². The number of thioether (sulfide) groups is 1. The van der Waals surface area contributed by atoms with E-state index in [1.54, 1.807) is 23.2 Å². The molecule has 0 bridgehead atoms. The van der Waals surface area contributed by atoms with E-state index >= 15 is 0 Å². The predicted molar refractivity (Wildman–Crippen MR) is 118 cm³/mol. The molecule has 1 atom stereocenters. The number of aromatic nitrogens is 1. The second-order valence-electron chi connectivity index (χ2n) is 7.83. The van der Waals surface area contributed by atoms with Gasteiger partial charge in [0.15, 0.2) is 0 Å². The van der Waals surface area contributed by atoms with E-state index in [-0.39, 0.29) is 11.2 Å². The lowest BCUT2D eigenvalue weighted by Gasteiger charge is -2.36. The lowest BCUT2D eigenvalue weighted by Crippen LogP contribution is -2.47. The average molecular weight is 436 g/mol. The summed E-state index contributed by atoms with van der Waals surface area (Å²) in [5.41, 5.74) is -0.209. The monoisotopic (exact) mass is 435 g/mol. The first kappa shape index (κ1) is 23.4. The lowest BCUT2D eigenvalue weighted by atomic mass is 9.87. The molecule has 1 aromatic heterocycles. The van der Waals surface area contributed by atoms with Crippen molar-refractivity contribution in [1.82, 2.24) is 9.88 Å². The van der Waals surface area contributed by atoms with Crippen molar-refractivity contribution in [1.29, 1.82) is 0 Å². The number of carbonyl (C=O) groups excluding carboxylic acids is 2. The van der Waals surface area contributed by atoms with Crippen molar-refractivity contribution in [2.24, 2.45) is 9.78 Å². The van der Waals surface area contributed by atoms with Gasteiger partial charge in [-0.2, -0.15) is 4.36 Å². The zero-order chi connectivity index (χ0) is 21.7. The number of rotatable bonds is 6. The Morgan fingerprint density at radius 2 is 2.07 bits per heavy atom. The molecule has 1 unspecified atom stereocenters. The summed E-state index contributed by atoms with van der Waals surface area (Å²) in [7, 11) is -2.72. The Morgan fingerprint density at radius 1 is 1.41 bits per heavy atom. The zero-order valence-electron chi connectivity index (χ0n) is 17.5. The Morgan fingerprint density at radius 3 is 2.66 bits per heavy atom. The molecule has 29 heavy (non-hydrogen) atoms. The number of nitrogens with zero attached hydrogens (tertiary/aromatic N) is 3. The molecule has 2 amide bonds. The molecular weight excluding hydrogens is 406 g/mol. The van der Waals surface area contributed by atoms with Crippen molar-refractivity contribution < 1.29 is 13.8 Å². The van der Waals surface area contributed by atoms with Gasteiger partial charge in [0.05, 0.1) is 20.2 Å². The van der Waals surface area contributed by atoms with E-state index in [0.717, 1.165) is 10.8 Å². The first-order chi connectivity index (χ1) is 13.6. The standard InChI is InChI=1S/C21H29N3O3S2/c1-6-11-21(3,4)20(26)24-13-9-17(10-14-24)29(5,27)23-19(25)16-8-12-22-18(15-16)28-7-2/h1,8,12,15,17H,7,9-11,13-14H2,2-5H3. The summed E-state index contributed by atoms with van der Waals surface area (Å²) in [6, 6.07) is 3.28. The van der Waals surface area contributed by atoms with Gasteiger partial charge in [-0.15, -0.1) is 24.1 Å². The molecular formula is C21H29N3O3S2. The summed E-state index contributed by atoms with van der Waals surface area (Å²) in [6.07, 6.45) is 9.97. The highest BCUT2D eigenvalue weighted by Crippen LogP contribution is 2.27. The summed E-state index contributed by atoms with van der Waals surface area (Å²) in [5.74, 6) is 2.94. The van der Waals surface area contributed by atoms with Gasteiger partial charge in [0, 0.05) is 42.8 Å². The summed E-state index contributed by atoms with van der Waals surface area (Å²) >= 11 is 1.54. The SMILES string of the molecule is C#CCC(C)(C)C(=O)N1CCC(S(C)(=O)=NC(=O)c2ccnc(SCC)c2)CC1. The molecule has 2 rings (SSSR count). The third-order valence-corrected chi connectivity index (χ3v) is 8.05. The van der Waals surface area contributed by atoms with Crippen molar-refractivity contribution in [3.05, 3.63) is 23.9 Å². The van der Waals surface area contributed by atoms with Crippen LogP contribution in [0.3, 0.4) is 0 Å². The average Bonchev–Trinajstić information content (AvgIpc) is 2.67. The van der Waals surface area contributed by atoms with Crippen LogP contribution in [0.15, 0.2) is 27.7 Å².